The standard InChI is InChI=1S/C16H16O3/c1-10-15(11-6-2-4-8-13(11)17)12-7-3-5-9-14(12)19-16(10)18/h3,5,7,9,11,15H,1-2,4,6,8H2/t11-,15-/m0/s1. The molecule has 0 radical (unpaired) electrons. The van der Waals surface area contributed by atoms with Gasteiger partial charge < -0.3 is 4.74 Å². The molecule has 2 atom stereocenters. The van der Waals surface area contributed by atoms with Gasteiger partial charge in [-0.05, 0) is 18.9 Å². The molecule has 1 heterocycles. The van der Waals surface area contributed by atoms with Crippen LogP contribution >= 0.6 is 0 Å². The molecule has 98 valence electrons. The average Bonchev–Trinajstić information content (AvgIpc) is 2.42. The van der Waals surface area contributed by atoms with Crippen molar-refractivity contribution in [3.05, 3.63) is 42.0 Å². The zero-order chi connectivity index (χ0) is 13.4. The van der Waals surface area contributed by atoms with Crippen LogP contribution < -0.4 is 4.74 Å². The van der Waals surface area contributed by atoms with Gasteiger partial charge in [-0.1, -0.05) is 31.2 Å². The summed E-state index contributed by atoms with van der Waals surface area (Å²) in [6.45, 7) is 3.86. The van der Waals surface area contributed by atoms with Gasteiger partial charge in [-0.3, -0.25) is 4.79 Å². The molecule has 0 aromatic heterocycles. The highest BCUT2D eigenvalue weighted by Crippen LogP contribution is 2.44. The summed E-state index contributed by atoms with van der Waals surface area (Å²) in [5.41, 5.74) is 1.34. The zero-order valence-corrected chi connectivity index (χ0v) is 10.7. The summed E-state index contributed by atoms with van der Waals surface area (Å²) in [5.74, 6) is 0.104. The summed E-state index contributed by atoms with van der Waals surface area (Å²) >= 11 is 0. The SMILES string of the molecule is C=C1C(=O)Oc2ccccc2[C@@H]1[C@H]1CCCCC1=O. The molecule has 3 nitrogen and oxygen atoms in total. The van der Waals surface area contributed by atoms with Crippen molar-refractivity contribution in [3.63, 3.8) is 0 Å². The summed E-state index contributed by atoms with van der Waals surface area (Å²) in [4.78, 5) is 24.0. The number of hydrogen-bond acceptors (Lipinski definition) is 3. The topological polar surface area (TPSA) is 43.4 Å². The van der Waals surface area contributed by atoms with Gasteiger partial charge in [0.15, 0.2) is 0 Å². The number of esters is 1. The number of ketones is 1. The van der Waals surface area contributed by atoms with Crippen LogP contribution in [0.3, 0.4) is 0 Å². The summed E-state index contributed by atoms with van der Waals surface area (Å²) in [7, 11) is 0. The lowest BCUT2D eigenvalue weighted by Crippen LogP contribution is -2.33. The van der Waals surface area contributed by atoms with Crippen LogP contribution in [-0.2, 0) is 9.59 Å². The molecule has 0 saturated heterocycles. The van der Waals surface area contributed by atoms with Gasteiger partial charge >= 0.3 is 5.97 Å². The predicted molar refractivity (Wildman–Crippen MR) is 70.9 cm³/mol. The van der Waals surface area contributed by atoms with E-state index in [1.54, 1.807) is 6.07 Å². The number of ether oxygens (including phenoxy) is 1. The first kappa shape index (κ1) is 12.2. The minimum Gasteiger partial charge on any atom is -0.423 e. The van der Waals surface area contributed by atoms with Gasteiger partial charge in [0.1, 0.15) is 11.5 Å². The Hall–Kier alpha value is -1.90. The maximum atomic E-state index is 12.2. The third-order valence-electron chi connectivity index (χ3n) is 4.10. The number of benzene rings is 1. The van der Waals surface area contributed by atoms with Crippen LogP contribution in [-0.4, -0.2) is 11.8 Å². The molecule has 1 fully saturated rings. The van der Waals surface area contributed by atoms with Crippen LogP contribution in [0.25, 0.3) is 0 Å². The largest absolute Gasteiger partial charge is 0.423 e. The Labute approximate surface area is 112 Å². The normalized spacial score (nSPS) is 26.8. The molecule has 0 unspecified atom stereocenters. The van der Waals surface area contributed by atoms with Gasteiger partial charge in [-0.2, -0.15) is 0 Å². The molecular weight excluding hydrogens is 240 g/mol. The van der Waals surface area contributed by atoms with Gasteiger partial charge in [-0.15, -0.1) is 0 Å². The second kappa shape index (κ2) is 4.65. The first-order valence-electron chi connectivity index (χ1n) is 6.71. The smallest absolute Gasteiger partial charge is 0.339 e. The van der Waals surface area contributed by atoms with Crippen molar-refractivity contribution in [2.45, 2.75) is 31.6 Å². The van der Waals surface area contributed by atoms with E-state index in [4.69, 9.17) is 4.74 Å². The molecule has 1 aromatic rings. The molecule has 1 aliphatic heterocycles. The van der Waals surface area contributed by atoms with Gasteiger partial charge in [0, 0.05) is 29.4 Å². The molecular formula is C16H16O3. The number of para-hydroxylation sites is 1. The van der Waals surface area contributed by atoms with Crippen molar-refractivity contribution >= 4 is 11.8 Å². The van der Waals surface area contributed by atoms with Gasteiger partial charge in [0.05, 0.1) is 0 Å². The number of fused-ring (bicyclic) bond motifs is 1. The van der Waals surface area contributed by atoms with Crippen LogP contribution in [0.1, 0.15) is 37.2 Å². The lowest BCUT2D eigenvalue weighted by Gasteiger charge is -2.33. The van der Waals surface area contributed by atoms with Crippen molar-refractivity contribution < 1.29 is 14.3 Å². The third-order valence-corrected chi connectivity index (χ3v) is 4.10. The lowest BCUT2D eigenvalue weighted by atomic mass is 9.72. The van der Waals surface area contributed by atoms with Gasteiger partial charge in [-0.25, -0.2) is 4.79 Å². The van der Waals surface area contributed by atoms with Crippen molar-refractivity contribution in [1.82, 2.24) is 0 Å². The Morgan fingerprint density at radius 2 is 1.95 bits per heavy atom. The fraction of sp³-hybridized carbons (Fsp3) is 0.375. The van der Waals surface area contributed by atoms with Gasteiger partial charge in [0.25, 0.3) is 0 Å². The van der Waals surface area contributed by atoms with E-state index in [1.807, 2.05) is 18.2 Å². The monoisotopic (exact) mass is 256 g/mol. The van der Waals surface area contributed by atoms with Crippen LogP contribution in [0.15, 0.2) is 36.4 Å². The fourth-order valence-corrected chi connectivity index (χ4v) is 3.13. The summed E-state index contributed by atoms with van der Waals surface area (Å²) in [6.07, 6.45) is 3.45. The summed E-state index contributed by atoms with van der Waals surface area (Å²) < 4.78 is 5.25. The van der Waals surface area contributed by atoms with Crippen molar-refractivity contribution in [1.29, 1.82) is 0 Å². The van der Waals surface area contributed by atoms with E-state index in [-0.39, 0.29) is 17.6 Å². The average molecular weight is 256 g/mol. The molecule has 0 spiro atoms. The molecule has 3 heteroatoms. The number of carbonyl (C=O) groups is 2. The van der Waals surface area contributed by atoms with Crippen LogP contribution in [0.2, 0.25) is 0 Å². The minimum atomic E-state index is -0.401. The first-order chi connectivity index (χ1) is 9.18. The molecule has 1 aliphatic carbocycles. The van der Waals surface area contributed by atoms with Crippen LogP contribution in [0.5, 0.6) is 5.75 Å². The molecule has 3 rings (SSSR count). The maximum absolute atomic E-state index is 12.2. The number of Topliss-reactive ketones (excluding diaryl/α,β-unsaturated/α-hetero) is 1. The van der Waals surface area contributed by atoms with E-state index in [1.165, 1.54) is 0 Å². The Morgan fingerprint density at radius 3 is 2.74 bits per heavy atom. The molecule has 0 N–H and O–H groups in total. The Morgan fingerprint density at radius 1 is 1.16 bits per heavy atom. The van der Waals surface area contributed by atoms with E-state index in [9.17, 15) is 9.59 Å². The number of hydrogen-bond donors (Lipinski definition) is 0. The Bertz CT molecular complexity index is 559. The molecule has 0 bridgehead atoms. The van der Waals surface area contributed by atoms with Gasteiger partial charge in [0.2, 0.25) is 0 Å². The van der Waals surface area contributed by atoms with E-state index in [0.29, 0.717) is 17.7 Å². The minimum absolute atomic E-state index is 0.116. The van der Waals surface area contributed by atoms with Crippen molar-refractivity contribution in [3.8, 4) is 5.75 Å². The summed E-state index contributed by atoms with van der Waals surface area (Å²) in [5, 5.41) is 0. The fourth-order valence-electron chi connectivity index (χ4n) is 3.13. The first-order valence-corrected chi connectivity index (χ1v) is 6.71. The zero-order valence-electron chi connectivity index (χ0n) is 10.7. The number of carbonyl (C=O) groups excluding carboxylic acids is 2. The molecule has 0 amide bonds. The quantitative estimate of drug-likeness (QED) is 0.440. The second-order valence-electron chi connectivity index (χ2n) is 5.25. The van der Waals surface area contributed by atoms with E-state index >= 15 is 0 Å². The molecule has 1 aromatic carbocycles. The van der Waals surface area contributed by atoms with Crippen LogP contribution in [0, 0.1) is 5.92 Å². The highest BCUT2D eigenvalue weighted by Gasteiger charge is 2.39. The molecule has 2 aliphatic rings. The highest BCUT2D eigenvalue weighted by atomic mass is 16.5. The van der Waals surface area contributed by atoms with Crippen LogP contribution in [0.4, 0.5) is 0 Å². The third kappa shape index (κ3) is 1.99. The van der Waals surface area contributed by atoms with Crippen molar-refractivity contribution in [2.75, 3.05) is 0 Å². The maximum Gasteiger partial charge on any atom is 0.339 e. The molecule has 1 saturated carbocycles. The predicted octanol–water partition coefficient (Wildman–Crippen LogP) is 3.00. The second-order valence-corrected chi connectivity index (χ2v) is 5.25. The van der Waals surface area contributed by atoms with E-state index in [0.717, 1.165) is 24.8 Å². The van der Waals surface area contributed by atoms with E-state index in [2.05, 4.69) is 6.58 Å². The Balaban J connectivity index is 2.05. The van der Waals surface area contributed by atoms with E-state index < -0.39 is 5.97 Å². The lowest BCUT2D eigenvalue weighted by molar-refractivity contribution is -0.132. The molecule has 19 heavy (non-hydrogen) atoms. The number of rotatable bonds is 1. The Kier molecular flexibility index (Phi) is 2.97. The van der Waals surface area contributed by atoms with Crippen molar-refractivity contribution in [2.24, 2.45) is 5.92 Å². The summed E-state index contributed by atoms with van der Waals surface area (Å²) in [6, 6.07) is 7.45. The highest BCUT2D eigenvalue weighted by molar-refractivity contribution is 5.96.